The van der Waals surface area contributed by atoms with E-state index in [1.165, 1.54) is 13.2 Å². The maximum atomic E-state index is 13.1. The summed E-state index contributed by atoms with van der Waals surface area (Å²) in [5, 5.41) is 6.07. The number of hydrogen-bond acceptors (Lipinski definition) is 5. The maximum Gasteiger partial charge on any atom is 0.416 e. The molecule has 1 aromatic carbocycles. The first-order valence-electron chi connectivity index (χ1n) is 11.4. The van der Waals surface area contributed by atoms with Crippen LogP contribution in [0.2, 0.25) is 0 Å². The van der Waals surface area contributed by atoms with Crippen molar-refractivity contribution in [2.75, 3.05) is 13.7 Å². The second-order valence-electron chi connectivity index (χ2n) is 10.0. The van der Waals surface area contributed by atoms with Crippen LogP contribution in [-0.4, -0.2) is 60.0 Å². The van der Waals surface area contributed by atoms with E-state index in [9.17, 15) is 27.6 Å². The maximum absolute atomic E-state index is 13.1. The van der Waals surface area contributed by atoms with Crippen molar-refractivity contribution in [3.8, 4) is 0 Å². The van der Waals surface area contributed by atoms with E-state index in [0.717, 1.165) is 24.6 Å². The summed E-state index contributed by atoms with van der Waals surface area (Å²) in [4.78, 5) is 39.9. The minimum atomic E-state index is -4.57. The first kappa shape index (κ1) is 26.0. The molecular weight excluding hydrogens is 451 g/mol. The van der Waals surface area contributed by atoms with E-state index in [2.05, 4.69) is 10.6 Å². The van der Waals surface area contributed by atoms with E-state index >= 15 is 0 Å². The summed E-state index contributed by atoms with van der Waals surface area (Å²) >= 11 is 0. The minimum absolute atomic E-state index is 0.106. The summed E-state index contributed by atoms with van der Waals surface area (Å²) in [6.45, 7) is 6.50. The van der Waals surface area contributed by atoms with Crippen LogP contribution in [0.15, 0.2) is 24.3 Å². The number of likely N-dealkylation sites (tertiary alicyclic amines) is 1. The van der Waals surface area contributed by atoms with Crippen LogP contribution in [0.5, 0.6) is 0 Å². The highest BCUT2D eigenvalue weighted by Gasteiger charge is 2.45. The van der Waals surface area contributed by atoms with E-state index in [-0.39, 0.29) is 35.1 Å². The molecule has 2 aliphatic rings. The molecule has 1 aliphatic carbocycles. The first-order chi connectivity index (χ1) is 15.8. The van der Waals surface area contributed by atoms with E-state index in [4.69, 9.17) is 4.74 Å². The molecule has 2 amide bonds. The topological polar surface area (TPSA) is 87.7 Å². The van der Waals surface area contributed by atoms with E-state index in [0.29, 0.717) is 25.8 Å². The standard InChI is InChI=1S/C24H32F3N3O4/c1-23(2,3)29-16-8-9-19(17(13-16)22(33)34-4)30-11-10-18(21(30)32)28-20(31)14-6-5-7-15(12-14)24(25,26)27/h5-7,12,16-19,29H,8-11,13H2,1-4H3,(H,28,31)/t16-,17+,18-,19-/m0/s1. The van der Waals surface area contributed by atoms with Crippen LogP contribution >= 0.6 is 0 Å². The molecule has 0 unspecified atom stereocenters. The number of alkyl halides is 3. The fraction of sp³-hybridized carbons (Fsp3) is 0.625. The quantitative estimate of drug-likeness (QED) is 0.629. The molecule has 4 atom stereocenters. The Bertz CT molecular complexity index is 929. The lowest BCUT2D eigenvalue weighted by Crippen LogP contribution is -2.55. The Kier molecular flexibility index (Phi) is 7.59. The molecule has 188 valence electrons. The van der Waals surface area contributed by atoms with Crippen molar-refractivity contribution in [3.05, 3.63) is 35.4 Å². The number of ether oxygens (including phenoxy) is 1. The average Bonchev–Trinajstić information content (AvgIpc) is 3.11. The molecule has 1 saturated carbocycles. The van der Waals surface area contributed by atoms with Gasteiger partial charge in [0, 0.05) is 29.7 Å². The Labute approximate surface area is 197 Å². The summed E-state index contributed by atoms with van der Waals surface area (Å²) in [7, 11) is 1.32. The lowest BCUT2D eigenvalue weighted by atomic mass is 9.80. The monoisotopic (exact) mass is 483 g/mol. The van der Waals surface area contributed by atoms with Crippen LogP contribution in [0.4, 0.5) is 13.2 Å². The van der Waals surface area contributed by atoms with Gasteiger partial charge in [-0.25, -0.2) is 0 Å². The fourth-order valence-electron chi connectivity index (χ4n) is 4.92. The second-order valence-corrected chi connectivity index (χ2v) is 10.0. The van der Waals surface area contributed by atoms with Crippen LogP contribution in [0, 0.1) is 5.92 Å². The highest BCUT2D eigenvalue weighted by Crippen LogP contribution is 2.33. The van der Waals surface area contributed by atoms with Gasteiger partial charge >= 0.3 is 12.1 Å². The fourth-order valence-corrected chi connectivity index (χ4v) is 4.92. The number of amides is 2. The molecule has 1 heterocycles. The lowest BCUT2D eigenvalue weighted by Gasteiger charge is -2.41. The molecule has 2 fully saturated rings. The zero-order valence-corrected chi connectivity index (χ0v) is 19.9. The second kappa shape index (κ2) is 9.93. The van der Waals surface area contributed by atoms with Crippen LogP contribution in [0.25, 0.3) is 0 Å². The lowest BCUT2D eigenvalue weighted by molar-refractivity contribution is -0.151. The Morgan fingerprint density at radius 2 is 1.82 bits per heavy atom. The Morgan fingerprint density at radius 3 is 2.44 bits per heavy atom. The minimum Gasteiger partial charge on any atom is -0.469 e. The molecule has 34 heavy (non-hydrogen) atoms. The normalized spacial score (nSPS) is 25.9. The first-order valence-corrected chi connectivity index (χ1v) is 11.4. The van der Waals surface area contributed by atoms with Gasteiger partial charge in [-0.05, 0) is 64.7 Å². The molecule has 2 N–H and O–H groups in total. The molecule has 1 aromatic rings. The highest BCUT2D eigenvalue weighted by molar-refractivity contribution is 5.98. The summed E-state index contributed by atoms with van der Waals surface area (Å²) in [6.07, 6.45) is -2.34. The van der Waals surface area contributed by atoms with Crippen molar-refractivity contribution in [3.63, 3.8) is 0 Å². The van der Waals surface area contributed by atoms with Gasteiger partial charge in [-0.1, -0.05) is 6.07 Å². The average molecular weight is 484 g/mol. The number of nitrogens with zero attached hydrogens (tertiary/aromatic N) is 1. The molecule has 10 heteroatoms. The van der Waals surface area contributed by atoms with Gasteiger partial charge in [0.2, 0.25) is 5.91 Å². The molecule has 7 nitrogen and oxygen atoms in total. The third-order valence-electron chi connectivity index (χ3n) is 6.35. The van der Waals surface area contributed by atoms with Crippen molar-refractivity contribution in [2.24, 2.45) is 5.92 Å². The number of nitrogens with one attached hydrogen (secondary N) is 2. The van der Waals surface area contributed by atoms with E-state index in [1.807, 2.05) is 20.8 Å². The van der Waals surface area contributed by atoms with E-state index < -0.39 is 29.6 Å². The van der Waals surface area contributed by atoms with Crippen molar-refractivity contribution in [1.29, 1.82) is 0 Å². The predicted octanol–water partition coefficient (Wildman–Crippen LogP) is 3.13. The number of rotatable bonds is 5. The molecule has 1 saturated heterocycles. The third-order valence-corrected chi connectivity index (χ3v) is 6.35. The van der Waals surface area contributed by atoms with Crippen molar-refractivity contribution < 1.29 is 32.3 Å². The number of halogens is 3. The van der Waals surface area contributed by atoms with Crippen LogP contribution in [0.3, 0.4) is 0 Å². The summed E-state index contributed by atoms with van der Waals surface area (Å²) in [5.41, 5.74) is -1.22. The van der Waals surface area contributed by atoms with Crippen molar-refractivity contribution in [2.45, 2.75) is 76.3 Å². The third kappa shape index (κ3) is 6.08. The van der Waals surface area contributed by atoms with Gasteiger partial charge in [-0.15, -0.1) is 0 Å². The van der Waals surface area contributed by atoms with Gasteiger partial charge < -0.3 is 20.3 Å². The number of esters is 1. The SMILES string of the molecule is COC(=O)[C@@H]1C[C@@H](NC(C)(C)C)CC[C@@H]1N1CC[C@H](NC(=O)c2cccc(C(F)(F)F)c2)C1=O. The molecule has 1 aliphatic heterocycles. The number of carbonyl (C=O) groups is 3. The molecule has 0 bridgehead atoms. The summed E-state index contributed by atoms with van der Waals surface area (Å²) in [5.74, 6) is -1.95. The van der Waals surface area contributed by atoms with Crippen LogP contribution in [0.1, 0.15) is 62.4 Å². The van der Waals surface area contributed by atoms with Gasteiger partial charge in [0.1, 0.15) is 6.04 Å². The molecule has 3 rings (SSSR count). The largest absolute Gasteiger partial charge is 0.469 e. The van der Waals surface area contributed by atoms with E-state index in [1.54, 1.807) is 4.90 Å². The highest BCUT2D eigenvalue weighted by atomic mass is 19.4. The van der Waals surface area contributed by atoms with Gasteiger partial charge in [0.15, 0.2) is 0 Å². The smallest absolute Gasteiger partial charge is 0.416 e. The zero-order chi connectivity index (χ0) is 25.3. The molecule has 0 spiro atoms. The molecular formula is C24H32F3N3O4. The molecule has 0 aromatic heterocycles. The zero-order valence-electron chi connectivity index (χ0n) is 19.9. The summed E-state index contributed by atoms with van der Waals surface area (Å²) in [6, 6.07) is 2.98. The van der Waals surface area contributed by atoms with Crippen molar-refractivity contribution in [1.82, 2.24) is 15.5 Å². The Morgan fingerprint density at radius 1 is 1.12 bits per heavy atom. The van der Waals surface area contributed by atoms with Crippen molar-refractivity contribution >= 4 is 17.8 Å². The van der Waals surface area contributed by atoms with Crippen LogP contribution in [-0.2, 0) is 20.5 Å². The van der Waals surface area contributed by atoms with Gasteiger partial charge in [-0.3, -0.25) is 14.4 Å². The summed E-state index contributed by atoms with van der Waals surface area (Å²) < 4.78 is 43.9. The predicted molar refractivity (Wildman–Crippen MR) is 119 cm³/mol. The Balaban J connectivity index is 1.69. The number of carbonyl (C=O) groups excluding carboxylic acids is 3. The molecule has 0 radical (unpaired) electrons. The van der Waals surface area contributed by atoms with Gasteiger partial charge in [-0.2, -0.15) is 13.2 Å². The van der Waals surface area contributed by atoms with Gasteiger partial charge in [0.05, 0.1) is 18.6 Å². The number of hydrogen-bond donors (Lipinski definition) is 2. The van der Waals surface area contributed by atoms with Gasteiger partial charge in [0.25, 0.3) is 5.91 Å². The number of methoxy groups -OCH3 is 1. The Hall–Kier alpha value is -2.62. The number of benzene rings is 1. The van der Waals surface area contributed by atoms with Crippen LogP contribution < -0.4 is 10.6 Å².